The number of aromatic amines is 1. The lowest BCUT2D eigenvalue weighted by Gasteiger charge is -2.24. The quantitative estimate of drug-likeness (QED) is 0.759. The Morgan fingerprint density at radius 2 is 1.95 bits per heavy atom. The second-order valence-electron chi connectivity index (χ2n) is 5.62. The van der Waals surface area contributed by atoms with Crippen molar-refractivity contribution in [2.24, 2.45) is 0 Å². The second-order valence-corrected chi connectivity index (χ2v) is 5.62. The minimum atomic E-state index is -0.207. The molecule has 0 aliphatic carbocycles. The molecule has 2 N–H and O–H groups in total. The van der Waals surface area contributed by atoms with Gasteiger partial charge in [-0.15, -0.1) is 0 Å². The Balaban J connectivity index is 1.85. The maximum absolute atomic E-state index is 13.2. The van der Waals surface area contributed by atoms with Crippen LogP contribution in [-0.4, -0.2) is 18.6 Å². The minimum absolute atomic E-state index is 0.0720. The highest BCUT2D eigenvalue weighted by Gasteiger charge is 2.25. The van der Waals surface area contributed by atoms with Crippen LogP contribution in [0.15, 0.2) is 42.5 Å². The van der Waals surface area contributed by atoms with Gasteiger partial charge >= 0.3 is 0 Å². The molecule has 0 fully saturated rings. The molecular weight excluding hydrogens is 279 g/mol. The monoisotopic (exact) mass is 296 g/mol. The van der Waals surface area contributed by atoms with E-state index in [1.54, 1.807) is 7.11 Å². The summed E-state index contributed by atoms with van der Waals surface area (Å²) in [5.74, 6) is 0.660. The average Bonchev–Trinajstić information content (AvgIpc) is 2.93. The SMILES string of the molecule is COc1ccc2[nH]c3c(c2c1)CCN[C@H]3c1ccc(F)cc1. The van der Waals surface area contributed by atoms with E-state index < -0.39 is 0 Å². The van der Waals surface area contributed by atoms with Gasteiger partial charge in [0.25, 0.3) is 0 Å². The van der Waals surface area contributed by atoms with E-state index in [1.807, 2.05) is 24.3 Å². The normalized spacial score (nSPS) is 17.5. The molecule has 0 saturated carbocycles. The minimum Gasteiger partial charge on any atom is -0.497 e. The Kier molecular flexibility index (Phi) is 3.12. The third-order valence-corrected chi connectivity index (χ3v) is 4.36. The molecule has 1 aliphatic heterocycles. The Morgan fingerprint density at radius 3 is 2.73 bits per heavy atom. The molecule has 22 heavy (non-hydrogen) atoms. The molecule has 112 valence electrons. The molecule has 2 aromatic carbocycles. The summed E-state index contributed by atoms with van der Waals surface area (Å²) in [6, 6.07) is 12.9. The summed E-state index contributed by atoms with van der Waals surface area (Å²) < 4.78 is 18.5. The number of nitrogens with one attached hydrogen (secondary N) is 2. The number of hydrogen-bond donors (Lipinski definition) is 2. The van der Waals surface area contributed by atoms with Gasteiger partial charge in [-0.25, -0.2) is 4.39 Å². The Bertz CT molecular complexity index is 823. The van der Waals surface area contributed by atoms with Crippen LogP contribution in [0.1, 0.15) is 22.9 Å². The first-order chi connectivity index (χ1) is 10.8. The summed E-state index contributed by atoms with van der Waals surface area (Å²) in [6.45, 7) is 0.902. The van der Waals surface area contributed by atoms with Crippen molar-refractivity contribution < 1.29 is 9.13 Å². The van der Waals surface area contributed by atoms with Crippen molar-refractivity contribution in [3.8, 4) is 5.75 Å². The fourth-order valence-electron chi connectivity index (χ4n) is 3.27. The maximum Gasteiger partial charge on any atom is 0.123 e. The zero-order valence-electron chi connectivity index (χ0n) is 12.3. The summed E-state index contributed by atoms with van der Waals surface area (Å²) in [5, 5.41) is 4.73. The number of benzene rings is 2. The smallest absolute Gasteiger partial charge is 0.123 e. The van der Waals surface area contributed by atoms with E-state index in [4.69, 9.17) is 4.74 Å². The Labute approximate surface area is 128 Å². The number of ether oxygens (including phenoxy) is 1. The average molecular weight is 296 g/mol. The first-order valence-corrected chi connectivity index (χ1v) is 7.43. The van der Waals surface area contributed by atoms with Crippen LogP contribution in [0.5, 0.6) is 5.75 Å². The van der Waals surface area contributed by atoms with Gasteiger partial charge in [-0.1, -0.05) is 12.1 Å². The molecular formula is C18H17FN2O. The molecule has 1 aromatic heterocycles. The van der Waals surface area contributed by atoms with Crippen LogP contribution in [0.2, 0.25) is 0 Å². The highest BCUT2D eigenvalue weighted by Crippen LogP contribution is 2.34. The predicted molar refractivity (Wildman–Crippen MR) is 84.8 cm³/mol. The summed E-state index contributed by atoms with van der Waals surface area (Å²) in [7, 11) is 1.68. The number of methoxy groups -OCH3 is 1. The Morgan fingerprint density at radius 1 is 1.14 bits per heavy atom. The van der Waals surface area contributed by atoms with Gasteiger partial charge in [-0.2, -0.15) is 0 Å². The van der Waals surface area contributed by atoms with E-state index in [1.165, 1.54) is 28.8 Å². The van der Waals surface area contributed by atoms with E-state index in [0.717, 1.165) is 29.8 Å². The van der Waals surface area contributed by atoms with Gasteiger partial charge in [-0.3, -0.25) is 0 Å². The van der Waals surface area contributed by atoms with Gasteiger partial charge in [0.15, 0.2) is 0 Å². The maximum atomic E-state index is 13.2. The largest absolute Gasteiger partial charge is 0.497 e. The van der Waals surface area contributed by atoms with Crippen LogP contribution in [0.3, 0.4) is 0 Å². The number of rotatable bonds is 2. The van der Waals surface area contributed by atoms with Gasteiger partial charge in [0, 0.05) is 23.1 Å². The zero-order chi connectivity index (χ0) is 15.1. The molecule has 3 aromatic rings. The lowest BCUT2D eigenvalue weighted by Crippen LogP contribution is -2.30. The number of halogens is 1. The predicted octanol–water partition coefficient (Wildman–Crippen LogP) is 3.55. The molecule has 0 amide bonds. The Hall–Kier alpha value is -2.33. The molecule has 0 unspecified atom stereocenters. The first-order valence-electron chi connectivity index (χ1n) is 7.43. The van der Waals surface area contributed by atoms with Crippen molar-refractivity contribution >= 4 is 10.9 Å². The first kappa shape index (κ1) is 13.3. The van der Waals surface area contributed by atoms with Crippen molar-refractivity contribution in [3.63, 3.8) is 0 Å². The van der Waals surface area contributed by atoms with Crippen LogP contribution in [0, 0.1) is 5.82 Å². The standard InChI is InChI=1S/C18H17FN2O/c1-22-13-6-7-16-15(10-13)14-8-9-20-17(18(14)21-16)11-2-4-12(19)5-3-11/h2-7,10,17,20-21H,8-9H2,1H3/t17-/m0/s1. The summed E-state index contributed by atoms with van der Waals surface area (Å²) in [4.78, 5) is 3.52. The zero-order valence-corrected chi connectivity index (χ0v) is 12.3. The van der Waals surface area contributed by atoms with E-state index in [0.29, 0.717) is 0 Å². The lowest BCUT2D eigenvalue weighted by atomic mass is 9.94. The number of hydrogen-bond acceptors (Lipinski definition) is 2. The highest BCUT2D eigenvalue weighted by atomic mass is 19.1. The summed E-state index contributed by atoms with van der Waals surface area (Å²) >= 11 is 0. The topological polar surface area (TPSA) is 37.0 Å². The van der Waals surface area contributed by atoms with Crippen molar-refractivity contribution in [1.82, 2.24) is 10.3 Å². The molecule has 3 nitrogen and oxygen atoms in total. The van der Waals surface area contributed by atoms with Crippen molar-refractivity contribution in [3.05, 3.63) is 65.1 Å². The van der Waals surface area contributed by atoms with Crippen LogP contribution in [0.25, 0.3) is 10.9 Å². The van der Waals surface area contributed by atoms with E-state index in [-0.39, 0.29) is 11.9 Å². The van der Waals surface area contributed by atoms with Crippen molar-refractivity contribution in [2.75, 3.05) is 13.7 Å². The van der Waals surface area contributed by atoms with Crippen molar-refractivity contribution in [1.29, 1.82) is 0 Å². The van der Waals surface area contributed by atoms with E-state index in [9.17, 15) is 4.39 Å². The molecule has 0 bridgehead atoms. The molecule has 1 aliphatic rings. The van der Waals surface area contributed by atoms with Crippen LogP contribution < -0.4 is 10.1 Å². The van der Waals surface area contributed by atoms with Gasteiger partial charge in [0.1, 0.15) is 11.6 Å². The van der Waals surface area contributed by atoms with Crippen LogP contribution >= 0.6 is 0 Å². The highest BCUT2D eigenvalue weighted by molar-refractivity contribution is 5.86. The van der Waals surface area contributed by atoms with Gasteiger partial charge < -0.3 is 15.0 Å². The van der Waals surface area contributed by atoms with Gasteiger partial charge in [0.05, 0.1) is 13.2 Å². The van der Waals surface area contributed by atoms with Crippen LogP contribution in [0.4, 0.5) is 4.39 Å². The van der Waals surface area contributed by atoms with Gasteiger partial charge in [0.2, 0.25) is 0 Å². The fraction of sp³-hybridized carbons (Fsp3) is 0.222. The second kappa shape index (κ2) is 5.14. The summed E-state index contributed by atoms with van der Waals surface area (Å²) in [5.41, 5.74) is 4.67. The van der Waals surface area contributed by atoms with E-state index >= 15 is 0 Å². The fourth-order valence-corrected chi connectivity index (χ4v) is 3.27. The number of aromatic nitrogens is 1. The molecule has 0 radical (unpaired) electrons. The third kappa shape index (κ3) is 2.07. The lowest BCUT2D eigenvalue weighted by molar-refractivity contribution is 0.415. The molecule has 0 spiro atoms. The van der Waals surface area contributed by atoms with Crippen molar-refractivity contribution in [2.45, 2.75) is 12.5 Å². The molecule has 2 heterocycles. The van der Waals surface area contributed by atoms with E-state index in [2.05, 4.69) is 16.4 Å². The molecule has 1 atom stereocenters. The number of fused-ring (bicyclic) bond motifs is 3. The molecule has 4 rings (SSSR count). The third-order valence-electron chi connectivity index (χ3n) is 4.36. The summed E-state index contributed by atoms with van der Waals surface area (Å²) in [6.07, 6.45) is 0.972. The van der Waals surface area contributed by atoms with Crippen LogP contribution in [-0.2, 0) is 6.42 Å². The number of H-pyrrole nitrogens is 1. The molecule has 4 heteroatoms. The van der Waals surface area contributed by atoms with Gasteiger partial charge in [-0.05, 0) is 47.9 Å². The molecule has 0 saturated heterocycles.